The van der Waals surface area contributed by atoms with Crippen LogP contribution in [0.1, 0.15) is 40.7 Å². The number of alkyl halides is 3. The number of hydrogen-bond donors (Lipinski definition) is 1. The van der Waals surface area contributed by atoms with E-state index in [2.05, 4.69) is 15.3 Å². The molecule has 0 spiro atoms. The molecule has 1 amide bonds. The Morgan fingerprint density at radius 3 is 2.42 bits per heavy atom. The van der Waals surface area contributed by atoms with Gasteiger partial charge in [0, 0.05) is 49.2 Å². The van der Waals surface area contributed by atoms with Crippen LogP contribution in [0.25, 0.3) is 0 Å². The lowest BCUT2D eigenvalue weighted by atomic mass is 10.0. The number of pyridine rings is 1. The first-order chi connectivity index (χ1) is 15.7. The maximum atomic E-state index is 12.6. The van der Waals surface area contributed by atoms with Gasteiger partial charge in [-0.25, -0.2) is 4.98 Å². The van der Waals surface area contributed by atoms with Crippen LogP contribution in [0.3, 0.4) is 0 Å². The SMILES string of the molecule is O=C(CCc1ccncc1)N[C@@H](Cc1ccc([N+](=O)[O-])cc1)c1csc(CCC(F)(F)F)n1. The second kappa shape index (κ2) is 11.0. The van der Waals surface area contributed by atoms with Crippen LogP contribution in [0.2, 0.25) is 0 Å². The van der Waals surface area contributed by atoms with Gasteiger partial charge in [-0.05, 0) is 36.1 Å². The highest BCUT2D eigenvalue weighted by Crippen LogP contribution is 2.26. The summed E-state index contributed by atoms with van der Waals surface area (Å²) in [4.78, 5) is 31.2. The topological polar surface area (TPSA) is 98.0 Å². The molecular formula is C22H21F3N4O3S. The minimum absolute atomic E-state index is 0.0558. The third-order valence-corrected chi connectivity index (χ3v) is 5.79. The lowest BCUT2D eigenvalue weighted by Crippen LogP contribution is -2.30. The molecule has 0 aliphatic rings. The van der Waals surface area contributed by atoms with Crippen LogP contribution in [-0.2, 0) is 24.1 Å². The van der Waals surface area contributed by atoms with E-state index < -0.39 is 23.6 Å². The Morgan fingerprint density at radius 2 is 1.79 bits per heavy atom. The number of nitro groups is 1. The van der Waals surface area contributed by atoms with Gasteiger partial charge in [-0.15, -0.1) is 11.3 Å². The van der Waals surface area contributed by atoms with Crippen LogP contribution in [0.5, 0.6) is 0 Å². The second-order valence-electron chi connectivity index (χ2n) is 7.38. The molecule has 11 heteroatoms. The van der Waals surface area contributed by atoms with E-state index in [9.17, 15) is 28.1 Å². The first-order valence-corrected chi connectivity index (χ1v) is 11.0. The summed E-state index contributed by atoms with van der Waals surface area (Å²) < 4.78 is 37.6. The normalized spacial score (nSPS) is 12.3. The van der Waals surface area contributed by atoms with Gasteiger partial charge in [0.2, 0.25) is 5.91 Å². The molecule has 2 aromatic heterocycles. The van der Waals surface area contributed by atoms with E-state index in [1.54, 1.807) is 29.9 Å². The van der Waals surface area contributed by atoms with E-state index in [4.69, 9.17) is 0 Å². The van der Waals surface area contributed by atoms with Crippen LogP contribution in [0.15, 0.2) is 54.2 Å². The predicted molar refractivity (Wildman–Crippen MR) is 117 cm³/mol. The Hall–Kier alpha value is -3.34. The van der Waals surface area contributed by atoms with Crippen molar-refractivity contribution in [3.05, 3.63) is 86.1 Å². The Kier molecular flexibility index (Phi) is 8.10. The highest BCUT2D eigenvalue weighted by atomic mass is 32.1. The first-order valence-electron chi connectivity index (χ1n) is 10.1. The molecule has 33 heavy (non-hydrogen) atoms. The number of hydrogen-bond acceptors (Lipinski definition) is 6. The quantitative estimate of drug-likeness (QED) is 0.328. The van der Waals surface area contributed by atoms with E-state index in [-0.39, 0.29) is 24.4 Å². The lowest BCUT2D eigenvalue weighted by molar-refractivity contribution is -0.384. The number of aryl methyl sites for hydroxylation is 2. The zero-order valence-electron chi connectivity index (χ0n) is 17.4. The van der Waals surface area contributed by atoms with Gasteiger partial charge >= 0.3 is 6.18 Å². The first kappa shape index (κ1) is 24.3. The summed E-state index contributed by atoms with van der Waals surface area (Å²) in [6.45, 7) is 0. The van der Waals surface area contributed by atoms with Crippen molar-refractivity contribution in [1.29, 1.82) is 0 Å². The molecule has 3 rings (SSSR count). The zero-order chi connectivity index (χ0) is 23.8. The van der Waals surface area contributed by atoms with Crippen molar-refractivity contribution < 1.29 is 22.9 Å². The highest BCUT2D eigenvalue weighted by molar-refractivity contribution is 7.09. The van der Waals surface area contributed by atoms with Gasteiger partial charge in [-0.3, -0.25) is 19.9 Å². The van der Waals surface area contributed by atoms with Gasteiger partial charge in [0.15, 0.2) is 0 Å². The Morgan fingerprint density at radius 1 is 1.09 bits per heavy atom. The number of nitro benzene ring substituents is 1. The molecule has 0 radical (unpaired) electrons. The third-order valence-electron chi connectivity index (χ3n) is 4.86. The van der Waals surface area contributed by atoms with E-state index >= 15 is 0 Å². The average molecular weight is 478 g/mol. The van der Waals surface area contributed by atoms with Gasteiger partial charge in [-0.2, -0.15) is 13.2 Å². The maximum absolute atomic E-state index is 12.6. The summed E-state index contributed by atoms with van der Waals surface area (Å²) in [5.41, 5.74) is 2.09. The van der Waals surface area contributed by atoms with Crippen molar-refractivity contribution in [3.8, 4) is 0 Å². The number of non-ortho nitro benzene ring substituents is 1. The number of carbonyl (C=O) groups is 1. The molecule has 174 valence electrons. The fourth-order valence-electron chi connectivity index (χ4n) is 3.14. The Labute approximate surface area is 191 Å². The summed E-state index contributed by atoms with van der Waals surface area (Å²) >= 11 is 1.11. The van der Waals surface area contributed by atoms with E-state index in [0.29, 0.717) is 23.5 Å². The number of carbonyl (C=O) groups excluding carboxylic acids is 1. The van der Waals surface area contributed by atoms with Crippen molar-refractivity contribution in [1.82, 2.24) is 15.3 Å². The number of amides is 1. The number of benzene rings is 1. The molecule has 7 nitrogen and oxygen atoms in total. The van der Waals surface area contributed by atoms with Crippen molar-refractivity contribution >= 4 is 22.9 Å². The molecule has 0 aliphatic heterocycles. The summed E-state index contributed by atoms with van der Waals surface area (Å²) in [6.07, 6.45) is -1.17. The van der Waals surface area contributed by atoms with Gasteiger partial charge < -0.3 is 5.32 Å². The average Bonchev–Trinajstić information content (AvgIpc) is 3.26. The zero-order valence-corrected chi connectivity index (χ0v) is 18.2. The van der Waals surface area contributed by atoms with Crippen molar-refractivity contribution in [2.45, 2.75) is 44.3 Å². The molecule has 3 aromatic rings. The maximum Gasteiger partial charge on any atom is 0.389 e. The number of rotatable bonds is 10. The monoisotopic (exact) mass is 478 g/mol. The largest absolute Gasteiger partial charge is 0.389 e. The molecule has 1 N–H and O–H groups in total. The second-order valence-corrected chi connectivity index (χ2v) is 8.33. The van der Waals surface area contributed by atoms with Gasteiger partial charge in [0.05, 0.1) is 21.7 Å². The van der Waals surface area contributed by atoms with E-state index in [0.717, 1.165) is 22.5 Å². The molecular weight excluding hydrogens is 457 g/mol. The molecule has 2 heterocycles. The van der Waals surface area contributed by atoms with Crippen LogP contribution in [-0.4, -0.2) is 27.0 Å². The number of nitrogens with zero attached hydrogens (tertiary/aromatic N) is 3. The number of thiazole rings is 1. The fraction of sp³-hybridized carbons (Fsp3) is 0.318. The number of halogens is 3. The van der Waals surface area contributed by atoms with Crippen molar-refractivity contribution in [3.63, 3.8) is 0 Å². The van der Waals surface area contributed by atoms with Crippen molar-refractivity contribution in [2.75, 3.05) is 0 Å². The van der Waals surface area contributed by atoms with Crippen LogP contribution in [0.4, 0.5) is 18.9 Å². The summed E-state index contributed by atoms with van der Waals surface area (Å²) in [5, 5.41) is 15.8. The Bertz CT molecular complexity index is 1070. The molecule has 1 atom stereocenters. The predicted octanol–water partition coefficient (Wildman–Crippen LogP) is 4.97. The number of nitrogens with one attached hydrogen (secondary N) is 1. The van der Waals surface area contributed by atoms with E-state index in [1.165, 1.54) is 12.1 Å². The Balaban J connectivity index is 1.72. The minimum Gasteiger partial charge on any atom is -0.347 e. The smallest absolute Gasteiger partial charge is 0.347 e. The molecule has 0 unspecified atom stereocenters. The molecule has 0 fully saturated rings. The number of aromatic nitrogens is 2. The molecule has 0 bridgehead atoms. The van der Waals surface area contributed by atoms with Gasteiger partial charge in [0.25, 0.3) is 5.69 Å². The van der Waals surface area contributed by atoms with Crippen LogP contribution < -0.4 is 5.32 Å². The van der Waals surface area contributed by atoms with Crippen molar-refractivity contribution in [2.24, 2.45) is 0 Å². The van der Waals surface area contributed by atoms with Gasteiger partial charge in [0.1, 0.15) is 0 Å². The summed E-state index contributed by atoms with van der Waals surface area (Å²) in [7, 11) is 0. The van der Waals surface area contributed by atoms with Gasteiger partial charge in [-0.1, -0.05) is 12.1 Å². The molecule has 1 aromatic carbocycles. The van der Waals surface area contributed by atoms with Crippen LogP contribution in [0, 0.1) is 10.1 Å². The molecule has 0 aliphatic carbocycles. The fourth-order valence-corrected chi connectivity index (χ4v) is 3.99. The highest BCUT2D eigenvalue weighted by Gasteiger charge is 2.27. The minimum atomic E-state index is -4.27. The van der Waals surface area contributed by atoms with Crippen LogP contribution >= 0.6 is 11.3 Å². The third kappa shape index (κ3) is 7.94. The molecule has 0 saturated carbocycles. The summed E-state index contributed by atoms with van der Waals surface area (Å²) in [6, 6.07) is 8.97. The lowest BCUT2D eigenvalue weighted by Gasteiger charge is -2.17. The standard InChI is InChI=1S/C22H21F3N4O3S/c23-22(24,25)10-7-21-28-19(14-33-21)18(13-16-1-4-17(5-2-16)29(31)32)27-20(30)6-3-15-8-11-26-12-9-15/h1-2,4-5,8-9,11-12,14,18H,3,6-7,10,13H2,(H,27,30)/t18-/m0/s1. The molecule has 0 saturated heterocycles. The summed E-state index contributed by atoms with van der Waals surface area (Å²) in [5.74, 6) is -0.233. The van der Waals surface area contributed by atoms with E-state index in [1.807, 2.05) is 12.1 Å².